The predicted octanol–water partition coefficient (Wildman–Crippen LogP) is 2.81. The average Bonchev–Trinajstić information content (AvgIpc) is 2.68. The van der Waals surface area contributed by atoms with Crippen molar-refractivity contribution in [3.05, 3.63) is 22.4 Å². The molecule has 0 radical (unpaired) electrons. The molecule has 0 aliphatic heterocycles. The Hall–Kier alpha value is -0.590. The van der Waals surface area contributed by atoms with Gasteiger partial charge in [-0.25, -0.2) is 0 Å². The fourth-order valence-corrected chi connectivity index (χ4v) is 1.70. The second-order valence-corrected chi connectivity index (χ2v) is 4.34. The highest BCUT2D eigenvalue weighted by Gasteiger charge is 2.36. The summed E-state index contributed by atoms with van der Waals surface area (Å²) in [5.74, 6) is 0. The number of nitrogens with one attached hydrogen (secondary N) is 1. The topological polar surface area (TPSA) is 21.3 Å². The summed E-state index contributed by atoms with van der Waals surface area (Å²) in [4.78, 5) is 1.16. The molecule has 0 spiro atoms. The van der Waals surface area contributed by atoms with E-state index in [0.717, 1.165) is 11.8 Å². The van der Waals surface area contributed by atoms with Crippen LogP contribution in [-0.2, 0) is 11.3 Å². The van der Waals surface area contributed by atoms with Gasteiger partial charge in [-0.05, 0) is 18.4 Å². The van der Waals surface area contributed by atoms with Gasteiger partial charge >= 0.3 is 6.18 Å². The van der Waals surface area contributed by atoms with Crippen LogP contribution in [0.15, 0.2) is 17.5 Å². The molecular formula is C10H14F3NOS. The van der Waals surface area contributed by atoms with E-state index in [1.54, 1.807) is 11.3 Å². The molecule has 1 unspecified atom stereocenters. The molecule has 0 aliphatic carbocycles. The molecule has 0 saturated heterocycles. The van der Waals surface area contributed by atoms with Crippen LogP contribution < -0.4 is 5.32 Å². The third-order valence-corrected chi connectivity index (χ3v) is 2.86. The smallest absolute Gasteiger partial charge is 0.368 e. The Labute approximate surface area is 96.4 Å². The highest BCUT2D eigenvalue weighted by atomic mass is 32.1. The molecule has 16 heavy (non-hydrogen) atoms. The number of halogens is 3. The van der Waals surface area contributed by atoms with Gasteiger partial charge in [0.25, 0.3) is 0 Å². The Morgan fingerprint density at radius 2 is 2.25 bits per heavy atom. The molecule has 1 N–H and O–H groups in total. The lowest BCUT2D eigenvalue weighted by Crippen LogP contribution is -2.31. The van der Waals surface area contributed by atoms with Crippen LogP contribution in [0.25, 0.3) is 0 Å². The van der Waals surface area contributed by atoms with Crippen molar-refractivity contribution in [2.75, 3.05) is 13.2 Å². The quantitative estimate of drug-likeness (QED) is 0.787. The first-order valence-corrected chi connectivity index (χ1v) is 5.79. The van der Waals surface area contributed by atoms with Crippen molar-refractivity contribution >= 4 is 11.3 Å². The van der Waals surface area contributed by atoms with Gasteiger partial charge in [-0.1, -0.05) is 6.07 Å². The maximum Gasteiger partial charge on any atom is 0.414 e. The summed E-state index contributed by atoms with van der Waals surface area (Å²) in [5.41, 5.74) is 0. The van der Waals surface area contributed by atoms with E-state index in [0.29, 0.717) is 13.1 Å². The summed E-state index contributed by atoms with van der Waals surface area (Å²) in [6.45, 7) is 2.16. The fraction of sp³-hybridized carbons (Fsp3) is 0.600. The molecule has 0 aliphatic rings. The summed E-state index contributed by atoms with van der Waals surface area (Å²) in [6.07, 6.45) is -5.97. The minimum atomic E-state index is -4.27. The summed E-state index contributed by atoms with van der Waals surface area (Å²) in [7, 11) is 0. The minimum Gasteiger partial charge on any atom is -0.368 e. The van der Waals surface area contributed by atoms with Gasteiger partial charge in [0.2, 0.25) is 0 Å². The van der Waals surface area contributed by atoms with E-state index in [2.05, 4.69) is 10.1 Å². The molecular weight excluding hydrogens is 239 g/mol. The summed E-state index contributed by atoms with van der Waals surface area (Å²) in [5, 5.41) is 4.97. The molecule has 0 amide bonds. The first kappa shape index (κ1) is 13.5. The van der Waals surface area contributed by atoms with Crippen molar-refractivity contribution in [3.63, 3.8) is 0 Å². The number of rotatable bonds is 6. The largest absolute Gasteiger partial charge is 0.414 e. The van der Waals surface area contributed by atoms with E-state index in [4.69, 9.17) is 0 Å². The summed E-state index contributed by atoms with van der Waals surface area (Å²) in [6, 6.07) is 3.90. The molecule has 1 rings (SSSR count). The van der Waals surface area contributed by atoms with E-state index >= 15 is 0 Å². The maximum atomic E-state index is 12.0. The lowest BCUT2D eigenvalue weighted by Gasteiger charge is -2.16. The molecule has 0 saturated carbocycles. The lowest BCUT2D eigenvalue weighted by atomic mass is 10.4. The Bertz CT molecular complexity index is 287. The molecule has 6 heteroatoms. The van der Waals surface area contributed by atoms with E-state index < -0.39 is 12.3 Å². The Morgan fingerprint density at radius 1 is 1.50 bits per heavy atom. The number of ether oxygens (including phenoxy) is 1. The second kappa shape index (κ2) is 6.22. The van der Waals surface area contributed by atoms with Gasteiger partial charge in [-0.2, -0.15) is 13.2 Å². The van der Waals surface area contributed by atoms with Crippen LogP contribution in [0.5, 0.6) is 0 Å². The zero-order valence-electron chi connectivity index (χ0n) is 8.88. The summed E-state index contributed by atoms with van der Waals surface area (Å²) >= 11 is 1.61. The van der Waals surface area contributed by atoms with Gasteiger partial charge in [0, 0.05) is 18.0 Å². The first-order valence-electron chi connectivity index (χ1n) is 4.91. The summed E-state index contributed by atoms with van der Waals surface area (Å²) < 4.78 is 40.8. The highest BCUT2D eigenvalue weighted by molar-refractivity contribution is 7.09. The van der Waals surface area contributed by atoms with Crippen LogP contribution in [0.1, 0.15) is 11.8 Å². The van der Waals surface area contributed by atoms with Crippen molar-refractivity contribution < 1.29 is 17.9 Å². The van der Waals surface area contributed by atoms with Crippen molar-refractivity contribution in [1.29, 1.82) is 0 Å². The van der Waals surface area contributed by atoms with E-state index in [1.165, 1.54) is 0 Å². The minimum absolute atomic E-state index is 0.0616. The monoisotopic (exact) mass is 253 g/mol. The van der Waals surface area contributed by atoms with Crippen LogP contribution in [0.3, 0.4) is 0 Å². The Kier molecular flexibility index (Phi) is 5.24. The molecule has 1 heterocycles. The van der Waals surface area contributed by atoms with Crippen LogP contribution >= 0.6 is 11.3 Å². The highest BCUT2D eigenvalue weighted by Crippen LogP contribution is 2.21. The number of hydrogen-bond acceptors (Lipinski definition) is 3. The molecule has 1 atom stereocenters. The average molecular weight is 253 g/mol. The molecule has 1 aromatic rings. The third-order valence-electron chi connectivity index (χ3n) is 1.99. The van der Waals surface area contributed by atoms with Crippen molar-refractivity contribution in [2.24, 2.45) is 0 Å². The van der Waals surface area contributed by atoms with Crippen LogP contribution in [0, 0.1) is 0 Å². The van der Waals surface area contributed by atoms with Crippen molar-refractivity contribution in [1.82, 2.24) is 5.32 Å². The predicted molar refractivity (Wildman–Crippen MR) is 57.5 cm³/mol. The normalized spacial score (nSPS) is 14.0. The van der Waals surface area contributed by atoms with Crippen LogP contribution in [0.2, 0.25) is 0 Å². The van der Waals surface area contributed by atoms with Crippen molar-refractivity contribution in [3.8, 4) is 0 Å². The Morgan fingerprint density at radius 3 is 2.81 bits per heavy atom. The number of hydrogen-bond donors (Lipinski definition) is 1. The number of alkyl halides is 3. The molecule has 1 aromatic heterocycles. The lowest BCUT2D eigenvalue weighted by molar-refractivity contribution is -0.213. The molecule has 0 aromatic carbocycles. The first-order chi connectivity index (χ1) is 7.50. The van der Waals surface area contributed by atoms with E-state index in [-0.39, 0.29) is 6.61 Å². The number of thiophene rings is 1. The van der Waals surface area contributed by atoms with Gasteiger partial charge in [-0.3, -0.25) is 0 Å². The molecule has 0 bridgehead atoms. The van der Waals surface area contributed by atoms with E-state index in [9.17, 15) is 13.2 Å². The van der Waals surface area contributed by atoms with Gasteiger partial charge < -0.3 is 10.1 Å². The van der Waals surface area contributed by atoms with Gasteiger partial charge in [0.1, 0.15) is 0 Å². The van der Waals surface area contributed by atoms with Crippen molar-refractivity contribution in [2.45, 2.75) is 25.7 Å². The zero-order valence-corrected chi connectivity index (χ0v) is 9.70. The SMILES string of the molecule is CC(OCCNCc1cccs1)C(F)(F)F. The van der Waals surface area contributed by atoms with Gasteiger partial charge in [0.05, 0.1) is 6.61 Å². The second-order valence-electron chi connectivity index (χ2n) is 3.31. The standard InChI is InChI=1S/C10H14F3NOS/c1-8(10(11,12)13)15-5-4-14-7-9-3-2-6-16-9/h2-3,6,8,14H,4-5,7H2,1H3. The third kappa shape index (κ3) is 4.96. The van der Waals surface area contributed by atoms with Gasteiger partial charge in [-0.15, -0.1) is 11.3 Å². The fourth-order valence-electron chi connectivity index (χ4n) is 1.03. The molecule has 92 valence electrons. The zero-order chi connectivity index (χ0) is 12.0. The van der Waals surface area contributed by atoms with Crippen LogP contribution in [-0.4, -0.2) is 25.4 Å². The Balaban J connectivity index is 2.04. The molecule has 2 nitrogen and oxygen atoms in total. The van der Waals surface area contributed by atoms with E-state index in [1.807, 2.05) is 17.5 Å². The maximum absolute atomic E-state index is 12.0. The van der Waals surface area contributed by atoms with Gasteiger partial charge in [0.15, 0.2) is 6.10 Å². The van der Waals surface area contributed by atoms with Crippen LogP contribution in [0.4, 0.5) is 13.2 Å². The molecule has 0 fully saturated rings.